The zero-order chi connectivity index (χ0) is 27.5. The van der Waals surface area contributed by atoms with Gasteiger partial charge in [-0.15, -0.1) is 0 Å². The lowest BCUT2D eigenvalue weighted by Gasteiger charge is -2.29. The van der Waals surface area contributed by atoms with Crippen molar-refractivity contribution in [2.75, 3.05) is 48.3 Å². The van der Waals surface area contributed by atoms with Gasteiger partial charge in [-0.05, 0) is 80.0 Å². The Balaban J connectivity index is 1.25. The Morgan fingerprint density at radius 1 is 0.900 bits per heavy atom. The zero-order valence-corrected chi connectivity index (χ0v) is 23.1. The first-order chi connectivity index (χ1) is 19.6. The van der Waals surface area contributed by atoms with E-state index in [4.69, 9.17) is 0 Å². The van der Waals surface area contributed by atoms with Crippen molar-refractivity contribution in [3.8, 4) is 11.1 Å². The highest BCUT2D eigenvalue weighted by atomic mass is 16.2. The lowest BCUT2D eigenvalue weighted by Crippen LogP contribution is -2.29. The van der Waals surface area contributed by atoms with Gasteiger partial charge in [-0.3, -0.25) is 14.6 Å². The van der Waals surface area contributed by atoms with Crippen molar-refractivity contribution in [1.29, 1.82) is 0 Å². The molecule has 3 aliphatic rings. The van der Waals surface area contributed by atoms with E-state index in [1.165, 1.54) is 19.3 Å². The van der Waals surface area contributed by atoms with E-state index >= 15 is 0 Å². The van der Waals surface area contributed by atoms with Gasteiger partial charge in [0.1, 0.15) is 5.69 Å². The fourth-order valence-electron chi connectivity index (χ4n) is 5.93. The van der Waals surface area contributed by atoms with Gasteiger partial charge in [-0.1, -0.05) is 13.0 Å². The summed E-state index contributed by atoms with van der Waals surface area (Å²) in [6, 6.07) is 11.9. The molecule has 0 aliphatic carbocycles. The van der Waals surface area contributed by atoms with Gasteiger partial charge >= 0.3 is 0 Å². The Bertz CT molecular complexity index is 1440. The van der Waals surface area contributed by atoms with E-state index in [-0.39, 0.29) is 11.8 Å². The maximum Gasteiger partial charge on any atom is 0.272 e. The number of carbonyl (C=O) groups is 2. The predicted molar refractivity (Wildman–Crippen MR) is 159 cm³/mol. The molecular weight excluding hydrogens is 500 g/mol. The van der Waals surface area contributed by atoms with E-state index < -0.39 is 0 Å². The molecular formula is C32H36N6O2. The van der Waals surface area contributed by atoms with Crippen LogP contribution in [-0.4, -0.2) is 59.4 Å². The van der Waals surface area contributed by atoms with Crippen LogP contribution in [0.15, 0.2) is 60.6 Å². The number of likely N-dealkylation sites (tertiary alicyclic amines) is 1. The SMILES string of the molecule is CCC1=C(C(=O)Nc2ccc(C(=O)N3CCCC3)nc2)c2cc(-c3cncc(N4CCCCC4)c3)ccc2NC1. The van der Waals surface area contributed by atoms with Crippen molar-refractivity contribution in [2.45, 2.75) is 45.4 Å². The topological polar surface area (TPSA) is 90.5 Å². The first-order valence-electron chi connectivity index (χ1n) is 14.5. The fraction of sp³-hybridized carbons (Fsp3) is 0.375. The molecule has 2 aromatic heterocycles. The molecule has 2 amide bonds. The standard InChI is InChI=1S/C32H36N6O2/c1-2-22-19-34-28-10-8-23(24-16-26(21-33-18-24)37-12-4-3-5-13-37)17-27(28)30(22)31(39)36-25-9-11-29(35-20-25)32(40)38-14-6-7-15-38/h8-11,16-18,20-21,34H,2-7,12-15,19H2,1H3,(H,36,39). The number of carbonyl (C=O) groups excluding carboxylic acids is 2. The molecule has 2 N–H and O–H groups in total. The molecule has 40 heavy (non-hydrogen) atoms. The van der Waals surface area contributed by atoms with Crippen LogP contribution in [0.1, 0.15) is 61.5 Å². The normalized spacial score (nSPS) is 16.9. The number of pyridine rings is 2. The quantitative estimate of drug-likeness (QED) is 0.426. The van der Waals surface area contributed by atoms with Crippen LogP contribution in [0, 0.1) is 0 Å². The third-order valence-corrected chi connectivity index (χ3v) is 8.20. The number of amides is 2. The van der Waals surface area contributed by atoms with Gasteiger partial charge in [0, 0.05) is 61.3 Å². The highest BCUT2D eigenvalue weighted by molar-refractivity contribution is 6.28. The van der Waals surface area contributed by atoms with Gasteiger partial charge in [-0.25, -0.2) is 4.98 Å². The molecule has 3 aliphatic heterocycles. The fourth-order valence-corrected chi connectivity index (χ4v) is 5.93. The molecule has 2 saturated heterocycles. The van der Waals surface area contributed by atoms with Crippen LogP contribution in [0.25, 0.3) is 16.7 Å². The van der Waals surface area contributed by atoms with E-state index in [0.29, 0.717) is 23.5 Å². The second kappa shape index (κ2) is 11.5. The monoisotopic (exact) mass is 536 g/mol. The summed E-state index contributed by atoms with van der Waals surface area (Å²) in [5, 5.41) is 6.52. The molecule has 8 heteroatoms. The van der Waals surface area contributed by atoms with E-state index in [2.05, 4.69) is 56.7 Å². The summed E-state index contributed by atoms with van der Waals surface area (Å²) < 4.78 is 0. The molecule has 1 aromatic carbocycles. The molecule has 0 saturated carbocycles. The molecule has 8 nitrogen and oxygen atoms in total. The van der Waals surface area contributed by atoms with Crippen LogP contribution in [0.5, 0.6) is 0 Å². The highest BCUT2D eigenvalue weighted by Gasteiger charge is 2.25. The summed E-state index contributed by atoms with van der Waals surface area (Å²) in [7, 11) is 0. The van der Waals surface area contributed by atoms with E-state index in [9.17, 15) is 9.59 Å². The van der Waals surface area contributed by atoms with Crippen molar-refractivity contribution >= 4 is 34.4 Å². The maximum absolute atomic E-state index is 13.7. The third-order valence-electron chi connectivity index (χ3n) is 8.20. The van der Waals surface area contributed by atoms with Gasteiger partial charge in [0.2, 0.25) is 0 Å². The first kappa shape index (κ1) is 26.0. The van der Waals surface area contributed by atoms with Crippen LogP contribution in [0.3, 0.4) is 0 Å². The Hall–Kier alpha value is -4.20. The van der Waals surface area contributed by atoms with Crippen LogP contribution < -0.4 is 15.5 Å². The smallest absolute Gasteiger partial charge is 0.272 e. The summed E-state index contributed by atoms with van der Waals surface area (Å²) in [5.41, 5.74) is 7.76. The second-order valence-corrected chi connectivity index (χ2v) is 10.8. The molecule has 0 radical (unpaired) electrons. The van der Waals surface area contributed by atoms with Crippen LogP contribution in [0.2, 0.25) is 0 Å². The minimum Gasteiger partial charge on any atom is -0.381 e. The molecule has 6 rings (SSSR count). The number of rotatable bonds is 6. The zero-order valence-electron chi connectivity index (χ0n) is 23.1. The number of hydrogen-bond acceptors (Lipinski definition) is 6. The number of nitrogens with one attached hydrogen (secondary N) is 2. The molecule has 206 valence electrons. The molecule has 2 fully saturated rings. The number of anilines is 3. The molecule has 3 aromatic rings. The van der Waals surface area contributed by atoms with Gasteiger partial charge in [0.15, 0.2) is 0 Å². The second-order valence-electron chi connectivity index (χ2n) is 10.8. The average molecular weight is 537 g/mol. The van der Waals surface area contributed by atoms with Gasteiger partial charge in [0.25, 0.3) is 11.8 Å². The molecule has 0 spiro atoms. The summed E-state index contributed by atoms with van der Waals surface area (Å²) in [5.74, 6) is -0.220. The minimum absolute atomic E-state index is 0.0509. The Labute approximate surface area is 235 Å². The predicted octanol–water partition coefficient (Wildman–Crippen LogP) is 5.60. The van der Waals surface area contributed by atoms with Crippen LogP contribution >= 0.6 is 0 Å². The Morgan fingerprint density at radius 2 is 1.70 bits per heavy atom. The van der Waals surface area contributed by atoms with Crippen LogP contribution in [-0.2, 0) is 4.79 Å². The molecule has 0 atom stereocenters. The van der Waals surface area contributed by atoms with Crippen molar-refractivity contribution < 1.29 is 9.59 Å². The van der Waals surface area contributed by atoms with Gasteiger partial charge < -0.3 is 20.4 Å². The number of benzene rings is 1. The number of aromatic nitrogens is 2. The molecule has 0 unspecified atom stereocenters. The number of nitrogens with zero attached hydrogens (tertiary/aromatic N) is 4. The summed E-state index contributed by atoms with van der Waals surface area (Å²) in [6.07, 6.45) is 12.0. The summed E-state index contributed by atoms with van der Waals surface area (Å²) in [6.45, 7) is 6.38. The van der Waals surface area contributed by atoms with Gasteiger partial charge in [-0.2, -0.15) is 0 Å². The lowest BCUT2D eigenvalue weighted by molar-refractivity contribution is -0.111. The van der Waals surface area contributed by atoms with E-state index in [1.54, 1.807) is 18.3 Å². The van der Waals surface area contributed by atoms with Gasteiger partial charge in [0.05, 0.1) is 23.8 Å². The number of piperidine rings is 1. The number of hydrogen-bond donors (Lipinski definition) is 2. The maximum atomic E-state index is 13.7. The van der Waals surface area contributed by atoms with Crippen molar-refractivity contribution in [1.82, 2.24) is 14.9 Å². The Morgan fingerprint density at radius 3 is 2.45 bits per heavy atom. The van der Waals surface area contributed by atoms with E-state index in [1.807, 2.05) is 17.3 Å². The Kier molecular flexibility index (Phi) is 7.49. The van der Waals surface area contributed by atoms with Crippen molar-refractivity contribution in [3.63, 3.8) is 0 Å². The van der Waals surface area contributed by atoms with Crippen LogP contribution in [0.4, 0.5) is 17.1 Å². The third kappa shape index (κ3) is 5.30. The van der Waals surface area contributed by atoms with E-state index in [0.717, 1.165) is 79.1 Å². The lowest BCUT2D eigenvalue weighted by atomic mass is 9.90. The molecule has 5 heterocycles. The average Bonchev–Trinajstić information content (AvgIpc) is 3.56. The summed E-state index contributed by atoms with van der Waals surface area (Å²) in [4.78, 5) is 39.5. The van der Waals surface area contributed by atoms with Crippen molar-refractivity contribution in [2.24, 2.45) is 0 Å². The first-order valence-corrected chi connectivity index (χ1v) is 14.5. The summed E-state index contributed by atoms with van der Waals surface area (Å²) >= 11 is 0. The van der Waals surface area contributed by atoms with Crippen molar-refractivity contribution in [3.05, 3.63) is 71.8 Å². The minimum atomic E-state index is -0.169. The highest BCUT2D eigenvalue weighted by Crippen LogP contribution is 2.37. The molecule has 0 bridgehead atoms. The number of fused-ring (bicyclic) bond motifs is 1. The largest absolute Gasteiger partial charge is 0.381 e.